The van der Waals surface area contributed by atoms with E-state index < -0.39 is 0 Å². The van der Waals surface area contributed by atoms with E-state index in [2.05, 4.69) is 9.88 Å². The molecule has 1 atom stereocenters. The van der Waals surface area contributed by atoms with E-state index in [1.807, 2.05) is 0 Å². The Morgan fingerprint density at radius 2 is 2.15 bits per heavy atom. The Bertz CT molecular complexity index is 405. The van der Waals surface area contributed by atoms with Gasteiger partial charge in [0.1, 0.15) is 11.6 Å². The van der Waals surface area contributed by atoms with Crippen LogP contribution in [0.25, 0.3) is 0 Å². The largest absolute Gasteiger partial charge is 0.494 e. The Kier molecular flexibility index (Phi) is 8.69. The Labute approximate surface area is 132 Å². The van der Waals surface area contributed by atoms with Crippen LogP contribution in [0.5, 0.6) is 5.75 Å². The normalized spacial score (nSPS) is 17.9. The van der Waals surface area contributed by atoms with Gasteiger partial charge in [-0.05, 0) is 18.8 Å². The van der Waals surface area contributed by atoms with Crippen molar-refractivity contribution in [2.24, 2.45) is 5.92 Å². The van der Waals surface area contributed by atoms with Gasteiger partial charge in [0.05, 0.1) is 25.6 Å². The molecule has 1 saturated heterocycles. The predicted molar refractivity (Wildman–Crippen MR) is 86.5 cm³/mol. The summed E-state index contributed by atoms with van der Waals surface area (Å²) in [5, 5.41) is 0. The maximum Gasteiger partial charge on any atom is 0.147 e. The fraction of sp³-hybridized carbons (Fsp3) is 0.615. The number of hydrogen-bond donors (Lipinski definition) is 1. The highest BCUT2D eigenvalue weighted by Crippen LogP contribution is 2.31. The highest BCUT2D eigenvalue weighted by atomic mass is 35.5. The third-order valence-electron chi connectivity index (χ3n) is 3.35. The Morgan fingerprint density at radius 1 is 1.40 bits per heavy atom. The minimum atomic E-state index is 0. The molecule has 0 bridgehead atoms. The lowest BCUT2D eigenvalue weighted by Gasteiger charge is -2.34. The number of methoxy groups -OCH3 is 2. The zero-order valence-electron chi connectivity index (χ0n) is 11.9. The summed E-state index contributed by atoms with van der Waals surface area (Å²) in [6.07, 6.45) is 4.18. The average Bonchev–Trinajstić information content (AvgIpc) is 2.39. The molecule has 1 aliphatic rings. The van der Waals surface area contributed by atoms with E-state index in [0.29, 0.717) is 11.7 Å². The molecule has 5 nitrogen and oxygen atoms in total. The van der Waals surface area contributed by atoms with Crippen LogP contribution < -0.4 is 15.4 Å². The monoisotopic (exact) mass is 323 g/mol. The van der Waals surface area contributed by atoms with Crippen LogP contribution in [-0.2, 0) is 4.74 Å². The summed E-state index contributed by atoms with van der Waals surface area (Å²) < 4.78 is 10.6. The van der Waals surface area contributed by atoms with Gasteiger partial charge in [-0.2, -0.15) is 0 Å². The lowest BCUT2D eigenvalue weighted by atomic mass is 9.98. The highest BCUT2D eigenvalue weighted by molar-refractivity contribution is 5.85. The van der Waals surface area contributed by atoms with E-state index in [1.165, 1.54) is 12.8 Å². The molecule has 2 heterocycles. The van der Waals surface area contributed by atoms with Gasteiger partial charge in [-0.15, -0.1) is 24.8 Å². The summed E-state index contributed by atoms with van der Waals surface area (Å²) in [6, 6.07) is 1.77. The molecule has 0 amide bonds. The van der Waals surface area contributed by atoms with Gasteiger partial charge < -0.3 is 20.1 Å². The number of aromatic nitrogens is 1. The number of hydrogen-bond acceptors (Lipinski definition) is 5. The molecule has 1 aromatic rings. The van der Waals surface area contributed by atoms with E-state index in [0.717, 1.165) is 31.1 Å². The number of anilines is 2. The quantitative estimate of drug-likeness (QED) is 0.921. The SMILES string of the molecule is COC[C@@H]1CCCN(c2cnc(N)cc2OC)C1.Cl.Cl. The molecule has 116 valence electrons. The molecule has 0 unspecified atom stereocenters. The van der Waals surface area contributed by atoms with Gasteiger partial charge in [0.2, 0.25) is 0 Å². The van der Waals surface area contributed by atoms with Crippen molar-refractivity contribution in [3.8, 4) is 5.75 Å². The van der Waals surface area contributed by atoms with E-state index in [4.69, 9.17) is 15.2 Å². The molecular formula is C13H23Cl2N3O2. The standard InChI is InChI=1S/C13H21N3O2.2ClH/c1-17-9-10-4-3-5-16(8-10)11-7-15-13(14)6-12(11)18-2;;/h6-7,10H,3-5,8-9H2,1-2H3,(H2,14,15);2*1H/t10-;;/m1../s1. The molecule has 0 aromatic carbocycles. The number of pyridine rings is 1. The molecule has 1 aromatic heterocycles. The van der Waals surface area contributed by atoms with E-state index in [-0.39, 0.29) is 24.8 Å². The fourth-order valence-electron chi connectivity index (χ4n) is 2.50. The van der Waals surface area contributed by atoms with Crippen molar-refractivity contribution < 1.29 is 9.47 Å². The number of nitrogens with two attached hydrogens (primary N) is 1. The third-order valence-corrected chi connectivity index (χ3v) is 3.35. The maximum absolute atomic E-state index is 5.68. The minimum absolute atomic E-state index is 0. The van der Waals surface area contributed by atoms with Crippen molar-refractivity contribution in [3.05, 3.63) is 12.3 Å². The van der Waals surface area contributed by atoms with Crippen LogP contribution in [0, 0.1) is 5.92 Å². The van der Waals surface area contributed by atoms with E-state index in [9.17, 15) is 0 Å². The molecule has 2 rings (SSSR count). The van der Waals surface area contributed by atoms with Gasteiger partial charge in [-0.25, -0.2) is 4.98 Å². The second-order valence-electron chi connectivity index (χ2n) is 4.69. The van der Waals surface area contributed by atoms with Crippen LogP contribution in [0.15, 0.2) is 12.3 Å². The third kappa shape index (κ3) is 4.58. The second kappa shape index (κ2) is 9.10. The van der Waals surface area contributed by atoms with Crippen LogP contribution in [0.1, 0.15) is 12.8 Å². The van der Waals surface area contributed by atoms with E-state index >= 15 is 0 Å². The van der Waals surface area contributed by atoms with Crippen molar-refractivity contribution in [1.82, 2.24) is 4.98 Å². The van der Waals surface area contributed by atoms with Crippen molar-refractivity contribution >= 4 is 36.3 Å². The Morgan fingerprint density at radius 3 is 2.80 bits per heavy atom. The summed E-state index contributed by atoms with van der Waals surface area (Å²) in [6.45, 7) is 2.82. The first-order valence-corrected chi connectivity index (χ1v) is 6.28. The van der Waals surface area contributed by atoms with Crippen molar-refractivity contribution in [2.75, 3.05) is 44.5 Å². The van der Waals surface area contributed by atoms with E-state index in [1.54, 1.807) is 26.5 Å². The molecule has 7 heteroatoms. The first-order chi connectivity index (χ1) is 8.74. The highest BCUT2D eigenvalue weighted by Gasteiger charge is 2.22. The smallest absolute Gasteiger partial charge is 0.147 e. The summed E-state index contributed by atoms with van der Waals surface area (Å²) in [4.78, 5) is 6.46. The van der Waals surface area contributed by atoms with Crippen LogP contribution >= 0.6 is 24.8 Å². The lowest BCUT2D eigenvalue weighted by molar-refractivity contribution is 0.143. The Balaban J connectivity index is 0.00000180. The molecule has 2 N–H and O–H groups in total. The Hall–Kier alpha value is -0.910. The van der Waals surface area contributed by atoms with Crippen molar-refractivity contribution in [3.63, 3.8) is 0 Å². The van der Waals surface area contributed by atoms with Crippen molar-refractivity contribution in [2.45, 2.75) is 12.8 Å². The maximum atomic E-state index is 5.68. The van der Waals surface area contributed by atoms with Gasteiger partial charge in [-0.1, -0.05) is 0 Å². The fourth-order valence-corrected chi connectivity index (χ4v) is 2.50. The van der Waals surface area contributed by atoms with Gasteiger partial charge in [0.25, 0.3) is 0 Å². The number of piperidine rings is 1. The van der Waals surface area contributed by atoms with Crippen LogP contribution in [0.3, 0.4) is 0 Å². The molecule has 20 heavy (non-hydrogen) atoms. The minimum Gasteiger partial charge on any atom is -0.494 e. The summed E-state index contributed by atoms with van der Waals surface area (Å²) in [5.41, 5.74) is 6.70. The van der Waals surface area contributed by atoms with Gasteiger partial charge in [0.15, 0.2) is 0 Å². The first-order valence-electron chi connectivity index (χ1n) is 6.28. The molecule has 1 aliphatic heterocycles. The molecular weight excluding hydrogens is 301 g/mol. The molecule has 0 saturated carbocycles. The van der Waals surface area contributed by atoms with Gasteiger partial charge >= 0.3 is 0 Å². The van der Waals surface area contributed by atoms with Gasteiger partial charge in [0, 0.05) is 26.3 Å². The molecule has 0 radical (unpaired) electrons. The van der Waals surface area contributed by atoms with Crippen molar-refractivity contribution in [1.29, 1.82) is 0 Å². The summed E-state index contributed by atoms with van der Waals surface area (Å²) in [7, 11) is 3.42. The average molecular weight is 324 g/mol. The first kappa shape index (κ1) is 19.1. The molecule has 0 aliphatic carbocycles. The van der Waals surface area contributed by atoms with Crippen LogP contribution in [0.2, 0.25) is 0 Å². The lowest BCUT2D eigenvalue weighted by Crippen LogP contribution is -2.37. The molecule has 1 fully saturated rings. The topological polar surface area (TPSA) is 60.6 Å². The number of nitrogens with zero attached hydrogens (tertiary/aromatic N) is 2. The summed E-state index contributed by atoms with van der Waals surface area (Å²) in [5.74, 6) is 1.85. The van der Waals surface area contributed by atoms with Crippen LogP contribution in [-0.4, -0.2) is 38.9 Å². The second-order valence-corrected chi connectivity index (χ2v) is 4.69. The van der Waals surface area contributed by atoms with Gasteiger partial charge in [-0.3, -0.25) is 0 Å². The number of rotatable bonds is 4. The zero-order valence-corrected chi connectivity index (χ0v) is 13.5. The number of ether oxygens (including phenoxy) is 2. The number of nitrogen functional groups attached to an aromatic ring is 1. The number of halogens is 2. The van der Waals surface area contributed by atoms with Crippen LogP contribution in [0.4, 0.5) is 11.5 Å². The predicted octanol–water partition coefficient (Wildman–Crippen LogP) is 2.38. The zero-order chi connectivity index (χ0) is 13.0. The molecule has 0 spiro atoms. The summed E-state index contributed by atoms with van der Waals surface area (Å²) >= 11 is 0.